The number of rotatable bonds is 7. The van der Waals surface area contributed by atoms with Crippen LogP contribution in [0, 0.1) is 0 Å². The number of benzene rings is 1. The molecule has 0 bridgehead atoms. The Hall–Kier alpha value is -1.36. The highest BCUT2D eigenvalue weighted by atomic mass is 32.1. The lowest BCUT2D eigenvalue weighted by Crippen LogP contribution is -2.32. The van der Waals surface area contributed by atoms with Crippen molar-refractivity contribution < 1.29 is 14.6 Å². The molecule has 0 saturated heterocycles. The molecule has 4 heteroatoms. The molecular formula is C16H20O3S. The first-order valence-electron chi connectivity index (χ1n) is 6.57. The van der Waals surface area contributed by atoms with Crippen LogP contribution in [0.15, 0.2) is 41.1 Å². The van der Waals surface area contributed by atoms with E-state index in [4.69, 9.17) is 14.6 Å². The monoisotopic (exact) mass is 292 g/mol. The molecule has 1 heterocycles. The average Bonchev–Trinajstić information content (AvgIpc) is 2.97. The summed E-state index contributed by atoms with van der Waals surface area (Å²) < 4.78 is 11.6. The van der Waals surface area contributed by atoms with Crippen LogP contribution in [0.5, 0.6) is 5.75 Å². The van der Waals surface area contributed by atoms with Crippen molar-refractivity contribution in [3.63, 3.8) is 0 Å². The maximum absolute atomic E-state index is 9.10. The molecule has 108 valence electrons. The van der Waals surface area contributed by atoms with Crippen LogP contribution >= 0.6 is 11.3 Å². The normalized spacial score (nSPS) is 11.6. The first-order valence-corrected chi connectivity index (χ1v) is 7.51. The Morgan fingerprint density at radius 2 is 2.05 bits per heavy atom. The van der Waals surface area contributed by atoms with Gasteiger partial charge in [0.15, 0.2) is 0 Å². The van der Waals surface area contributed by atoms with Crippen molar-refractivity contribution in [2.45, 2.75) is 32.7 Å². The Balaban J connectivity index is 1.84. The third kappa shape index (κ3) is 4.63. The quantitative estimate of drug-likeness (QED) is 0.847. The first kappa shape index (κ1) is 15.0. The smallest absolute Gasteiger partial charge is 0.119 e. The van der Waals surface area contributed by atoms with Crippen molar-refractivity contribution in [2.24, 2.45) is 0 Å². The molecular weight excluding hydrogens is 272 g/mol. The molecule has 0 spiro atoms. The third-order valence-electron chi connectivity index (χ3n) is 2.88. The number of hydrogen-bond acceptors (Lipinski definition) is 4. The molecule has 1 aromatic carbocycles. The molecule has 1 aromatic heterocycles. The molecule has 0 aliphatic carbocycles. The molecule has 0 radical (unpaired) electrons. The molecule has 2 aromatic rings. The molecule has 0 unspecified atom stereocenters. The van der Waals surface area contributed by atoms with Crippen LogP contribution in [0.3, 0.4) is 0 Å². The summed E-state index contributed by atoms with van der Waals surface area (Å²) in [6, 6.07) is 9.53. The van der Waals surface area contributed by atoms with Gasteiger partial charge in [0.05, 0.1) is 18.8 Å². The number of aliphatic hydroxyl groups is 1. The molecule has 0 saturated carbocycles. The third-order valence-corrected chi connectivity index (χ3v) is 3.61. The molecule has 0 fully saturated rings. The molecule has 0 aliphatic heterocycles. The van der Waals surface area contributed by atoms with E-state index in [1.165, 1.54) is 5.56 Å². The van der Waals surface area contributed by atoms with E-state index in [2.05, 4.69) is 11.4 Å². The Bertz CT molecular complexity index is 520. The van der Waals surface area contributed by atoms with Crippen molar-refractivity contribution in [3.05, 3.63) is 52.2 Å². The average molecular weight is 292 g/mol. The minimum Gasteiger partial charge on any atom is -0.491 e. The number of hydrogen-bond donors (Lipinski definition) is 1. The van der Waals surface area contributed by atoms with Gasteiger partial charge in [-0.05, 0) is 53.9 Å². The molecule has 0 atom stereocenters. The minimum atomic E-state index is -0.364. The van der Waals surface area contributed by atoms with Gasteiger partial charge in [-0.2, -0.15) is 11.3 Å². The summed E-state index contributed by atoms with van der Waals surface area (Å²) in [5.41, 5.74) is 1.67. The zero-order valence-corrected chi connectivity index (χ0v) is 12.7. The van der Waals surface area contributed by atoms with Gasteiger partial charge in [0.2, 0.25) is 0 Å². The van der Waals surface area contributed by atoms with Crippen LogP contribution in [0.1, 0.15) is 25.0 Å². The van der Waals surface area contributed by atoms with Gasteiger partial charge in [-0.15, -0.1) is 0 Å². The summed E-state index contributed by atoms with van der Waals surface area (Å²) in [4.78, 5) is 0. The SMILES string of the molecule is CC(C)(COc1cccc(CO)c1)OCc1ccsc1. The van der Waals surface area contributed by atoms with E-state index < -0.39 is 0 Å². The molecule has 0 aliphatic rings. The van der Waals surface area contributed by atoms with E-state index in [1.807, 2.05) is 43.5 Å². The second kappa shape index (κ2) is 6.88. The van der Waals surface area contributed by atoms with Crippen molar-refractivity contribution in [1.82, 2.24) is 0 Å². The Morgan fingerprint density at radius 3 is 2.75 bits per heavy atom. The van der Waals surface area contributed by atoms with Crippen LogP contribution in [-0.4, -0.2) is 17.3 Å². The molecule has 2 rings (SSSR count). The zero-order chi connectivity index (χ0) is 14.4. The summed E-state index contributed by atoms with van der Waals surface area (Å²) in [5.74, 6) is 0.753. The van der Waals surface area contributed by atoms with Crippen molar-refractivity contribution >= 4 is 11.3 Å². The van der Waals surface area contributed by atoms with Crippen LogP contribution in [0.2, 0.25) is 0 Å². The first-order chi connectivity index (χ1) is 9.59. The largest absolute Gasteiger partial charge is 0.491 e. The van der Waals surface area contributed by atoms with Gasteiger partial charge in [0.1, 0.15) is 12.4 Å². The van der Waals surface area contributed by atoms with Crippen molar-refractivity contribution in [2.75, 3.05) is 6.61 Å². The second-order valence-corrected chi connectivity index (χ2v) is 6.05. The highest BCUT2D eigenvalue weighted by molar-refractivity contribution is 7.07. The van der Waals surface area contributed by atoms with Gasteiger partial charge < -0.3 is 14.6 Å². The van der Waals surface area contributed by atoms with Crippen LogP contribution in [0.4, 0.5) is 0 Å². The fourth-order valence-electron chi connectivity index (χ4n) is 1.69. The Kier molecular flexibility index (Phi) is 5.17. The summed E-state index contributed by atoms with van der Waals surface area (Å²) >= 11 is 1.67. The molecule has 1 N–H and O–H groups in total. The van der Waals surface area contributed by atoms with Crippen molar-refractivity contribution in [3.8, 4) is 5.75 Å². The van der Waals surface area contributed by atoms with Crippen LogP contribution in [0.25, 0.3) is 0 Å². The maximum Gasteiger partial charge on any atom is 0.119 e. The predicted molar refractivity (Wildman–Crippen MR) is 81.0 cm³/mol. The fourth-order valence-corrected chi connectivity index (χ4v) is 2.34. The van der Waals surface area contributed by atoms with Crippen LogP contribution < -0.4 is 4.74 Å². The minimum absolute atomic E-state index is 0.0231. The van der Waals surface area contributed by atoms with Gasteiger partial charge >= 0.3 is 0 Å². The number of thiophene rings is 1. The summed E-state index contributed by atoms with van der Waals surface area (Å²) in [6.45, 7) is 5.10. The number of ether oxygens (including phenoxy) is 2. The highest BCUT2D eigenvalue weighted by Crippen LogP contribution is 2.19. The topological polar surface area (TPSA) is 38.7 Å². The lowest BCUT2D eigenvalue weighted by Gasteiger charge is -2.25. The van der Waals surface area contributed by atoms with Gasteiger partial charge in [-0.3, -0.25) is 0 Å². The lowest BCUT2D eigenvalue weighted by atomic mass is 10.1. The molecule has 0 amide bonds. The predicted octanol–water partition coefficient (Wildman–Crippen LogP) is 3.61. The van der Waals surface area contributed by atoms with Gasteiger partial charge in [-0.25, -0.2) is 0 Å². The fraction of sp³-hybridized carbons (Fsp3) is 0.375. The lowest BCUT2D eigenvalue weighted by molar-refractivity contribution is -0.0568. The van der Waals surface area contributed by atoms with Gasteiger partial charge in [0.25, 0.3) is 0 Å². The summed E-state index contributed by atoms with van der Waals surface area (Å²) in [6.07, 6.45) is 0. The van der Waals surface area contributed by atoms with E-state index in [9.17, 15) is 0 Å². The van der Waals surface area contributed by atoms with E-state index in [-0.39, 0.29) is 12.2 Å². The van der Waals surface area contributed by atoms with Gasteiger partial charge in [-0.1, -0.05) is 12.1 Å². The Labute approximate surface area is 123 Å². The second-order valence-electron chi connectivity index (χ2n) is 5.27. The van der Waals surface area contributed by atoms with E-state index in [0.29, 0.717) is 13.2 Å². The van der Waals surface area contributed by atoms with E-state index in [1.54, 1.807) is 11.3 Å². The van der Waals surface area contributed by atoms with Gasteiger partial charge in [0, 0.05) is 0 Å². The summed E-state index contributed by atoms with van der Waals surface area (Å²) in [7, 11) is 0. The van der Waals surface area contributed by atoms with E-state index >= 15 is 0 Å². The van der Waals surface area contributed by atoms with Crippen molar-refractivity contribution in [1.29, 1.82) is 0 Å². The molecule has 20 heavy (non-hydrogen) atoms. The standard InChI is InChI=1S/C16H20O3S/c1-16(2,19-10-14-6-7-20-11-14)12-18-15-5-3-4-13(8-15)9-17/h3-8,11,17H,9-10,12H2,1-2H3. The zero-order valence-electron chi connectivity index (χ0n) is 11.8. The van der Waals surface area contributed by atoms with Crippen LogP contribution in [-0.2, 0) is 18.0 Å². The Morgan fingerprint density at radius 1 is 1.20 bits per heavy atom. The summed E-state index contributed by atoms with van der Waals surface area (Å²) in [5, 5.41) is 13.2. The maximum atomic E-state index is 9.10. The highest BCUT2D eigenvalue weighted by Gasteiger charge is 2.19. The number of aliphatic hydroxyl groups excluding tert-OH is 1. The molecule has 3 nitrogen and oxygen atoms in total. The van der Waals surface area contributed by atoms with E-state index in [0.717, 1.165) is 11.3 Å².